The van der Waals surface area contributed by atoms with E-state index >= 15 is 0 Å². The first-order chi connectivity index (χ1) is 16.3. The van der Waals surface area contributed by atoms with Crippen LogP contribution in [0.3, 0.4) is 0 Å². The SMILES string of the molecule is CS(=O)(=O)N1CCCc2ccc(N(S(=O)(=O)c3ccc(F)cc3)S(=O)(=O)c3ccc(F)cc3)cc21. The number of benzene rings is 3. The minimum atomic E-state index is -4.85. The minimum Gasteiger partial charge on any atom is -0.270 e. The Labute approximate surface area is 202 Å². The van der Waals surface area contributed by atoms with E-state index in [0.717, 1.165) is 59.1 Å². The van der Waals surface area contributed by atoms with Crippen LogP contribution in [0.2, 0.25) is 0 Å². The molecule has 0 amide bonds. The maximum absolute atomic E-state index is 13.6. The van der Waals surface area contributed by atoms with Crippen LogP contribution in [0.5, 0.6) is 0 Å². The van der Waals surface area contributed by atoms with Crippen LogP contribution in [0.15, 0.2) is 76.5 Å². The zero-order valence-electron chi connectivity index (χ0n) is 18.3. The molecule has 8 nitrogen and oxygen atoms in total. The first-order valence-electron chi connectivity index (χ1n) is 10.2. The predicted molar refractivity (Wildman–Crippen MR) is 127 cm³/mol. The lowest BCUT2D eigenvalue weighted by Gasteiger charge is -2.31. The van der Waals surface area contributed by atoms with Crippen molar-refractivity contribution in [3.8, 4) is 0 Å². The van der Waals surface area contributed by atoms with E-state index in [9.17, 15) is 34.0 Å². The van der Waals surface area contributed by atoms with Crippen molar-refractivity contribution >= 4 is 41.4 Å². The van der Waals surface area contributed by atoms with Crippen molar-refractivity contribution in [1.29, 1.82) is 0 Å². The molecule has 0 unspecified atom stereocenters. The number of rotatable bonds is 6. The first kappa shape index (κ1) is 25.1. The van der Waals surface area contributed by atoms with Gasteiger partial charge in [-0.3, -0.25) is 4.31 Å². The number of nitrogens with zero attached hydrogens (tertiary/aromatic N) is 2. The molecule has 0 bridgehead atoms. The zero-order chi connectivity index (χ0) is 25.6. The molecule has 0 saturated carbocycles. The Bertz CT molecular complexity index is 1510. The molecule has 4 rings (SSSR count). The summed E-state index contributed by atoms with van der Waals surface area (Å²) in [6, 6.07) is 11.0. The van der Waals surface area contributed by atoms with Gasteiger partial charge in [-0.1, -0.05) is 6.07 Å². The third-order valence-corrected chi connectivity index (χ3v) is 10.8. The Hall–Kier alpha value is -3.03. The lowest BCUT2D eigenvalue weighted by molar-refractivity contribution is 0.583. The predicted octanol–water partition coefficient (Wildman–Crippen LogP) is 3.26. The molecule has 0 aliphatic carbocycles. The summed E-state index contributed by atoms with van der Waals surface area (Å²) in [5, 5.41) is 0. The summed E-state index contributed by atoms with van der Waals surface area (Å²) in [6.07, 6.45) is 2.04. The quantitative estimate of drug-likeness (QED) is 0.473. The molecule has 0 saturated heterocycles. The molecular formula is C22H20F2N2O6S3. The van der Waals surface area contributed by atoms with Crippen molar-refractivity contribution in [2.45, 2.75) is 22.6 Å². The Morgan fingerprint density at radius 3 is 1.69 bits per heavy atom. The third-order valence-electron chi connectivity index (χ3n) is 5.42. The van der Waals surface area contributed by atoms with E-state index in [1.807, 2.05) is 0 Å². The van der Waals surface area contributed by atoms with Crippen molar-refractivity contribution in [2.24, 2.45) is 0 Å². The van der Waals surface area contributed by atoms with Crippen molar-refractivity contribution in [3.05, 3.63) is 83.9 Å². The molecule has 0 aromatic heterocycles. The number of anilines is 2. The van der Waals surface area contributed by atoms with Gasteiger partial charge in [-0.15, -0.1) is 0 Å². The Morgan fingerprint density at radius 2 is 1.23 bits per heavy atom. The van der Waals surface area contributed by atoms with Crippen LogP contribution in [-0.4, -0.2) is 38.1 Å². The van der Waals surface area contributed by atoms with E-state index in [4.69, 9.17) is 0 Å². The summed E-state index contributed by atoms with van der Waals surface area (Å²) in [7, 11) is -13.4. The van der Waals surface area contributed by atoms with Gasteiger partial charge in [0.2, 0.25) is 10.0 Å². The van der Waals surface area contributed by atoms with Crippen LogP contribution >= 0.6 is 0 Å². The molecule has 3 aromatic rings. The number of sulfonamides is 3. The van der Waals surface area contributed by atoms with Crippen LogP contribution in [0.1, 0.15) is 12.0 Å². The van der Waals surface area contributed by atoms with E-state index < -0.39 is 51.5 Å². The largest absolute Gasteiger partial charge is 0.277 e. The molecule has 13 heteroatoms. The number of fused-ring (bicyclic) bond motifs is 1. The van der Waals surface area contributed by atoms with Gasteiger partial charge in [-0.05, 0) is 79.1 Å². The third kappa shape index (κ3) is 4.75. The zero-order valence-corrected chi connectivity index (χ0v) is 20.7. The van der Waals surface area contributed by atoms with E-state index in [-0.39, 0.29) is 21.6 Å². The first-order valence-corrected chi connectivity index (χ1v) is 15.0. The van der Waals surface area contributed by atoms with Gasteiger partial charge in [0.05, 0.1) is 27.4 Å². The van der Waals surface area contributed by atoms with Crippen molar-refractivity contribution in [2.75, 3.05) is 20.8 Å². The molecule has 1 aliphatic heterocycles. The summed E-state index contributed by atoms with van der Waals surface area (Å²) in [6.45, 7) is 0.144. The van der Waals surface area contributed by atoms with Crippen LogP contribution in [0.25, 0.3) is 0 Å². The van der Waals surface area contributed by atoms with Crippen LogP contribution in [-0.2, 0) is 36.5 Å². The maximum Gasteiger partial charge on any atom is 0.277 e. The second-order valence-electron chi connectivity index (χ2n) is 7.87. The van der Waals surface area contributed by atoms with Crippen LogP contribution in [0, 0.1) is 11.6 Å². The van der Waals surface area contributed by atoms with Crippen molar-refractivity contribution in [3.63, 3.8) is 0 Å². The van der Waals surface area contributed by atoms with Gasteiger partial charge in [0, 0.05) is 6.54 Å². The maximum atomic E-state index is 13.6. The second kappa shape index (κ2) is 8.88. The van der Waals surface area contributed by atoms with Gasteiger partial charge < -0.3 is 0 Å². The Kier molecular flexibility index (Phi) is 6.36. The average Bonchev–Trinajstić information content (AvgIpc) is 2.78. The molecule has 0 radical (unpaired) electrons. The van der Waals surface area contributed by atoms with Gasteiger partial charge in [-0.2, -0.15) is 3.71 Å². The monoisotopic (exact) mass is 542 g/mol. The number of aryl methyl sites for hydroxylation is 1. The summed E-state index contributed by atoms with van der Waals surface area (Å²) >= 11 is 0. The Morgan fingerprint density at radius 1 is 0.743 bits per heavy atom. The molecule has 0 spiro atoms. The molecule has 3 aromatic carbocycles. The van der Waals surface area contributed by atoms with E-state index in [2.05, 4.69) is 0 Å². The summed E-state index contributed by atoms with van der Waals surface area (Å²) in [5.41, 5.74) is 0.404. The minimum absolute atomic E-state index is 0.144. The van der Waals surface area contributed by atoms with Gasteiger partial charge in [0.25, 0.3) is 20.0 Å². The van der Waals surface area contributed by atoms with E-state index in [0.29, 0.717) is 18.4 Å². The topological polar surface area (TPSA) is 109 Å². The second-order valence-corrected chi connectivity index (χ2v) is 13.6. The van der Waals surface area contributed by atoms with Crippen molar-refractivity contribution in [1.82, 2.24) is 0 Å². The fourth-order valence-electron chi connectivity index (χ4n) is 3.80. The Balaban J connectivity index is 1.97. The molecule has 0 N–H and O–H groups in total. The summed E-state index contributed by atoms with van der Waals surface area (Å²) < 4.78 is 107. The van der Waals surface area contributed by atoms with Crippen LogP contribution < -0.4 is 8.02 Å². The molecule has 1 aliphatic rings. The highest BCUT2D eigenvalue weighted by Gasteiger charge is 2.38. The average molecular weight is 543 g/mol. The summed E-state index contributed by atoms with van der Waals surface area (Å²) in [5.74, 6) is -1.45. The fourth-order valence-corrected chi connectivity index (χ4v) is 8.46. The van der Waals surface area contributed by atoms with Gasteiger partial charge in [0.1, 0.15) is 11.6 Å². The molecule has 35 heavy (non-hydrogen) atoms. The highest BCUT2D eigenvalue weighted by Crippen LogP contribution is 2.37. The van der Waals surface area contributed by atoms with Crippen molar-refractivity contribution < 1.29 is 34.0 Å². The number of hydrogen-bond acceptors (Lipinski definition) is 6. The standard InChI is InChI=1S/C22H20F2N2O6S3/c1-33(27,28)25-14-2-3-16-4-9-19(15-22(16)25)26(34(29,30)20-10-5-17(23)6-11-20)35(31,32)21-12-7-18(24)8-13-21/h4-13,15H,2-3,14H2,1H3. The normalized spacial score (nSPS) is 14.4. The molecule has 186 valence electrons. The molecular weight excluding hydrogens is 522 g/mol. The highest BCUT2D eigenvalue weighted by atomic mass is 32.3. The molecule has 0 atom stereocenters. The number of halogens is 2. The lowest BCUT2D eigenvalue weighted by atomic mass is 10.0. The van der Waals surface area contributed by atoms with Crippen LogP contribution in [0.4, 0.5) is 20.2 Å². The lowest BCUT2D eigenvalue weighted by Crippen LogP contribution is -2.38. The smallest absolute Gasteiger partial charge is 0.270 e. The highest BCUT2D eigenvalue weighted by molar-refractivity contribution is 8.10. The molecule has 1 heterocycles. The van der Waals surface area contributed by atoms with E-state index in [1.54, 1.807) is 0 Å². The summed E-state index contributed by atoms with van der Waals surface area (Å²) in [4.78, 5) is -1.02. The van der Waals surface area contributed by atoms with Gasteiger partial charge in [-0.25, -0.2) is 34.0 Å². The number of hydrogen-bond donors (Lipinski definition) is 0. The molecule has 0 fully saturated rings. The van der Waals surface area contributed by atoms with E-state index in [1.165, 1.54) is 18.2 Å². The van der Waals surface area contributed by atoms with Gasteiger partial charge >= 0.3 is 0 Å². The fraction of sp³-hybridized carbons (Fsp3) is 0.182. The van der Waals surface area contributed by atoms with Gasteiger partial charge in [0.15, 0.2) is 0 Å².